The lowest BCUT2D eigenvalue weighted by atomic mass is 9.86. The molecule has 7 nitrogen and oxygen atoms in total. The van der Waals surface area contributed by atoms with E-state index in [9.17, 15) is 9.59 Å². The number of carbonyl (C=O) groups excluding carboxylic acids is 1. The van der Waals surface area contributed by atoms with Gasteiger partial charge in [-0.2, -0.15) is 4.98 Å². The van der Waals surface area contributed by atoms with Gasteiger partial charge in [0.1, 0.15) is 5.60 Å². The Morgan fingerprint density at radius 3 is 2.73 bits per heavy atom. The lowest BCUT2D eigenvalue weighted by Crippen LogP contribution is -2.43. The predicted molar refractivity (Wildman–Crippen MR) is 123 cm³/mol. The van der Waals surface area contributed by atoms with E-state index < -0.39 is 0 Å². The van der Waals surface area contributed by atoms with Crippen molar-refractivity contribution >= 4 is 42.1 Å². The van der Waals surface area contributed by atoms with Crippen molar-refractivity contribution in [2.75, 3.05) is 26.2 Å². The average molecular weight is 475 g/mol. The first kappa shape index (κ1) is 24.8. The molecule has 10 heteroatoms. The molecule has 1 spiro atoms. The van der Waals surface area contributed by atoms with Crippen LogP contribution in [0.3, 0.4) is 0 Å². The summed E-state index contributed by atoms with van der Waals surface area (Å²) in [4.78, 5) is 30.6. The van der Waals surface area contributed by atoms with E-state index in [0.717, 1.165) is 42.9 Å². The minimum Gasteiger partial charge on any atom is -0.369 e. The molecule has 0 bridgehead atoms. The second-order valence-electron chi connectivity index (χ2n) is 7.54. The quantitative estimate of drug-likeness (QED) is 0.709. The molecule has 4 rings (SSSR count). The molecule has 1 fully saturated rings. The van der Waals surface area contributed by atoms with E-state index in [2.05, 4.69) is 15.6 Å². The molecule has 2 N–H and O–H groups in total. The standard InChI is InChI=1S/C20H26N4O3S.2ClH/c1-13-11-14(2)24(19(26)23-13)9-8-22-18(25)16-12-15-3-10-27-20(17(15)28-16)4-6-21-7-5-20;;/h11-12,21H,3-10H2,1-2H3,(H,22,25);2*1H. The molecular weight excluding hydrogens is 447 g/mol. The van der Waals surface area contributed by atoms with Crippen LogP contribution >= 0.6 is 36.2 Å². The van der Waals surface area contributed by atoms with Crippen LogP contribution in [0.2, 0.25) is 0 Å². The van der Waals surface area contributed by atoms with Gasteiger partial charge in [0.2, 0.25) is 0 Å². The summed E-state index contributed by atoms with van der Waals surface area (Å²) in [6.45, 7) is 7.08. The van der Waals surface area contributed by atoms with E-state index in [1.54, 1.807) is 22.8 Å². The molecule has 2 aliphatic heterocycles. The van der Waals surface area contributed by atoms with Crippen LogP contribution < -0.4 is 16.3 Å². The van der Waals surface area contributed by atoms with Crippen molar-refractivity contribution in [3.63, 3.8) is 0 Å². The Morgan fingerprint density at radius 2 is 2.03 bits per heavy atom. The fraction of sp³-hybridized carbons (Fsp3) is 0.550. The molecule has 2 aliphatic rings. The Hall–Kier alpha value is -1.45. The summed E-state index contributed by atoms with van der Waals surface area (Å²) in [6, 6.07) is 3.89. The summed E-state index contributed by atoms with van der Waals surface area (Å²) < 4.78 is 7.78. The summed E-state index contributed by atoms with van der Waals surface area (Å²) in [5, 5.41) is 6.33. The second-order valence-corrected chi connectivity index (χ2v) is 8.59. The molecule has 0 aromatic carbocycles. The molecule has 0 atom stereocenters. The number of aryl methyl sites for hydroxylation is 2. The van der Waals surface area contributed by atoms with Crippen LogP contribution in [0.15, 0.2) is 16.9 Å². The number of fused-ring (bicyclic) bond motifs is 2. The number of halogens is 2. The monoisotopic (exact) mass is 474 g/mol. The number of hydrogen-bond acceptors (Lipinski definition) is 6. The number of piperidine rings is 1. The highest BCUT2D eigenvalue weighted by Gasteiger charge is 2.41. The fourth-order valence-electron chi connectivity index (χ4n) is 4.15. The summed E-state index contributed by atoms with van der Waals surface area (Å²) in [5.41, 5.74) is 2.31. The number of aromatic nitrogens is 2. The SMILES string of the molecule is Cc1cc(C)n(CCNC(=O)c2cc3c(s2)C2(CCNCC2)OCC3)c(=O)n1.Cl.Cl. The number of rotatable bonds is 4. The number of nitrogens with zero attached hydrogens (tertiary/aromatic N) is 2. The van der Waals surface area contributed by atoms with E-state index in [0.29, 0.717) is 25.4 Å². The minimum atomic E-state index is -0.275. The van der Waals surface area contributed by atoms with Crippen LogP contribution in [0.1, 0.15) is 44.3 Å². The maximum Gasteiger partial charge on any atom is 0.348 e. The van der Waals surface area contributed by atoms with Crippen molar-refractivity contribution in [2.24, 2.45) is 0 Å². The Morgan fingerprint density at radius 1 is 1.30 bits per heavy atom. The lowest BCUT2D eigenvalue weighted by molar-refractivity contribution is -0.0771. The Bertz CT molecular complexity index is 954. The van der Waals surface area contributed by atoms with Gasteiger partial charge in [-0.05, 0) is 63.9 Å². The summed E-state index contributed by atoms with van der Waals surface area (Å²) in [7, 11) is 0. The molecule has 30 heavy (non-hydrogen) atoms. The topological polar surface area (TPSA) is 85.3 Å². The van der Waals surface area contributed by atoms with Gasteiger partial charge in [-0.1, -0.05) is 0 Å². The van der Waals surface area contributed by atoms with E-state index in [1.807, 2.05) is 19.1 Å². The molecule has 0 aliphatic carbocycles. The molecule has 4 heterocycles. The van der Waals surface area contributed by atoms with Gasteiger partial charge in [-0.3, -0.25) is 9.36 Å². The van der Waals surface area contributed by atoms with Gasteiger partial charge in [0, 0.05) is 29.4 Å². The van der Waals surface area contributed by atoms with E-state index in [4.69, 9.17) is 4.74 Å². The minimum absolute atomic E-state index is 0. The van der Waals surface area contributed by atoms with Gasteiger partial charge < -0.3 is 15.4 Å². The molecule has 1 amide bonds. The Kier molecular flexibility index (Phi) is 8.47. The highest BCUT2D eigenvalue weighted by Crippen LogP contribution is 2.44. The third-order valence-corrected chi connectivity index (χ3v) is 6.94. The number of ether oxygens (including phenoxy) is 1. The average Bonchev–Trinajstić information content (AvgIpc) is 3.11. The van der Waals surface area contributed by atoms with Gasteiger partial charge in [0.05, 0.1) is 11.5 Å². The number of hydrogen-bond donors (Lipinski definition) is 2. The molecule has 0 unspecified atom stereocenters. The van der Waals surface area contributed by atoms with Crippen molar-refractivity contribution in [2.45, 2.75) is 45.3 Å². The van der Waals surface area contributed by atoms with Crippen LogP contribution in [0, 0.1) is 13.8 Å². The van der Waals surface area contributed by atoms with Crippen LogP contribution in [0.4, 0.5) is 0 Å². The lowest BCUT2D eigenvalue weighted by Gasteiger charge is -2.40. The largest absolute Gasteiger partial charge is 0.369 e. The first-order valence-electron chi connectivity index (χ1n) is 9.80. The first-order valence-corrected chi connectivity index (χ1v) is 10.6. The van der Waals surface area contributed by atoms with Gasteiger partial charge in [-0.25, -0.2) is 4.79 Å². The molecule has 2 aromatic heterocycles. The molecule has 166 valence electrons. The number of carbonyl (C=O) groups is 1. The highest BCUT2D eigenvalue weighted by atomic mass is 35.5. The number of nitrogens with one attached hydrogen (secondary N) is 2. The van der Waals surface area contributed by atoms with Crippen LogP contribution in [-0.4, -0.2) is 41.7 Å². The molecular formula is C20H28Cl2N4O3S. The van der Waals surface area contributed by atoms with Gasteiger partial charge >= 0.3 is 5.69 Å². The van der Waals surface area contributed by atoms with Crippen LogP contribution in [-0.2, 0) is 23.3 Å². The smallest absolute Gasteiger partial charge is 0.348 e. The second kappa shape index (κ2) is 10.2. The summed E-state index contributed by atoms with van der Waals surface area (Å²) in [5.74, 6) is -0.0887. The van der Waals surface area contributed by atoms with Crippen molar-refractivity contribution < 1.29 is 9.53 Å². The first-order chi connectivity index (χ1) is 13.5. The Balaban J connectivity index is 0.00000160. The third kappa shape index (κ3) is 4.89. The van der Waals surface area contributed by atoms with Gasteiger partial charge in [0.25, 0.3) is 5.91 Å². The zero-order valence-corrected chi connectivity index (χ0v) is 19.6. The Labute approximate surface area is 192 Å². The fourth-order valence-corrected chi connectivity index (χ4v) is 5.48. The number of amides is 1. The summed E-state index contributed by atoms with van der Waals surface area (Å²) >= 11 is 1.56. The summed E-state index contributed by atoms with van der Waals surface area (Å²) in [6.07, 6.45) is 2.76. The maximum atomic E-state index is 12.7. The van der Waals surface area contributed by atoms with Crippen molar-refractivity contribution in [1.82, 2.24) is 20.2 Å². The molecule has 0 saturated carbocycles. The van der Waals surface area contributed by atoms with Crippen molar-refractivity contribution in [1.29, 1.82) is 0 Å². The normalized spacial score (nSPS) is 16.9. The highest BCUT2D eigenvalue weighted by molar-refractivity contribution is 7.14. The number of thiophene rings is 1. The van der Waals surface area contributed by atoms with Crippen LogP contribution in [0.5, 0.6) is 0 Å². The zero-order chi connectivity index (χ0) is 19.7. The molecule has 0 radical (unpaired) electrons. The third-order valence-electron chi connectivity index (χ3n) is 5.57. The van der Waals surface area contributed by atoms with E-state index in [1.165, 1.54) is 10.4 Å². The van der Waals surface area contributed by atoms with Crippen molar-refractivity contribution in [3.8, 4) is 0 Å². The molecule has 1 saturated heterocycles. The zero-order valence-electron chi connectivity index (χ0n) is 17.2. The van der Waals surface area contributed by atoms with Gasteiger partial charge in [-0.15, -0.1) is 36.2 Å². The maximum absolute atomic E-state index is 12.7. The molecule has 2 aromatic rings. The van der Waals surface area contributed by atoms with E-state index >= 15 is 0 Å². The predicted octanol–water partition coefficient (Wildman–Crippen LogP) is 2.35. The van der Waals surface area contributed by atoms with Gasteiger partial charge in [0.15, 0.2) is 0 Å². The van der Waals surface area contributed by atoms with Crippen molar-refractivity contribution in [3.05, 3.63) is 49.3 Å². The van der Waals surface area contributed by atoms with Crippen LogP contribution in [0.25, 0.3) is 0 Å². The van der Waals surface area contributed by atoms with E-state index in [-0.39, 0.29) is 42.0 Å².